The van der Waals surface area contributed by atoms with Crippen LogP contribution < -0.4 is 0 Å². The molecule has 0 saturated carbocycles. The fraction of sp³-hybridized carbons (Fsp3) is 0.167. The second-order valence-electron chi connectivity index (χ2n) is 7.56. The Hall–Kier alpha value is -3.40. The summed E-state index contributed by atoms with van der Waals surface area (Å²) in [5, 5.41) is 37.2. The first-order chi connectivity index (χ1) is 17.1. The molecule has 4 atom stereocenters. The fourth-order valence-corrected chi connectivity index (χ4v) is 4.77. The maximum Gasteiger partial charge on any atom is 0.275 e. The molecule has 0 aliphatic rings. The third kappa shape index (κ3) is 5.70. The fourth-order valence-electron chi connectivity index (χ4n) is 3.56. The zero-order valence-corrected chi connectivity index (χ0v) is 21.0. The van der Waals surface area contributed by atoms with Crippen LogP contribution in [-0.2, 0) is 0 Å². The number of rotatable bonds is 8. The molecule has 0 amide bonds. The molecule has 8 nitrogen and oxygen atoms in total. The van der Waals surface area contributed by atoms with Gasteiger partial charge in [0.05, 0.1) is 54.6 Å². The number of benzene rings is 3. The lowest BCUT2D eigenvalue weighted by Gasteiger charge is -2.21. The lowest BCUT2D eigenvalue weighted by Crippen LogP contribution is -2.07. The molecule has 0 aliphatic carbocycles. The number of nitro groups is 2. The minimum atomic E-state index is -1.03. The van der Waals surface area contributed by atoms with Crippen molar-refractivity contribution in [1.82, 2.24) is 0 Å². The third-order valence-electron chi connectivity index (χ3n) is 5.37. The average molecular weight is 564 g/mol. The van der Waals surface area contributed by atoms with Gasteiger partial charge in [0.2, 0.25) is 0 Å². The highest BCUT2D eigenvalue weighted by Gasteiger charge is 2.31. The van der Waals surface area contributed by atoms with Crippen LogP contribution in [0.1, 0.15) is 54.9 Å². The SMILES string of the molecule is N#Cc1ccc([C@@H](Cl)[C@H](Cl)c2cccc([C@H](Cl)[C@H](Cl)c3ccc(C#N)cc3[N+](=O)[O-])c2)c([N+](=O)[O-])c1. The molecule has 0 radical (unpaired) electrons. The monoisotopic (exact) mass is 562 g/mol. The van der Waals surface area contributed by atoms with Gasteiger partial charge in [-0.15, -0.1) is 46.4 Å². The van der Waals surface area contributed by atoms with Crippen LogP contribution >= 0.6 is 46.4 Å². The van der Waals surface area contributed by atoms with Crippen LogP contribution in [0.3, 0.4) is 0 Å². The third-order valence-corrected chi connectivity index (χ3v) is 7.61. The van der Waals surface area contributed by atoms with Crippen LogP contribution in [0.15, 0.2) is 60.7 Å². The largest absolute Gasteiger partial charge is 0.275 e. The molecule has 182 valence electrons. The van der Waals surface area contributed by atoms with Gasteiger partial charge in [-0.3, -0.25) is 20.2 Å². The van der Waals surface area contributed by atoms with Gasteiger partial charge in [-0.25, -0.2) is 0 Å². The molecule has 12 heteroatoms. The van der Waals surface area contributed by atoms with Crippen molar-refractivity contribution < 1.29 is 9.85 Å². The second kappa shape index (κ2) is 11.6. The van der Waals surface area contributed by atoms with Crippen LogP contribution in [0, 0.1) is 42.9 Å². The molecule has 3 aromatic carbocycles. The van der Waals surface area contributed by atoms with Gasteiger partial charge in [0, 0.05) is 23.3 Å². The summed E-state index contributed by atoms with van der Waals surface area (Å²) in [4.78, 5) is 21.8. The summed E-state index contributed by atoms with van der Waals surface area (Å²) < 4.78 is 0. The van der Waals surface area contributed by atoms with Crippen molar-refractivity contribution in [1.29, 1.82) is 10.5 Å². The van der Waals surface area contributed by atoms with Gasteiger partial charge in [0.25, 0.3) is 11.4 Å². The molecular formula is C24H14Cl4N4O4. The number of hydrogen-bond donors (Lipinski definition) is 0. The number of nitro benzene ring substituents is 2. The zero-order valence-electron chi connectivity index (χ0n) is 18.0. The molecule has 3 aromatic rings. The minimum Gasteiger partial charge on any atom is -0.258 e. The van der Waals surface area contributed by atoms with Crippen LogP contribution in [0.5, 0.6) is 0 Å². The zero-order chi connectivity index (χ0) is 26.6. The normalized spacial score (nSPS) is 14.1. The molecule has 36 heavy (non-hydrogen) atoms. The van der Waals surface area contributed by atoms with E-state index < -0.39 is 31.4 Å². The molecule has 0 heterocycles. The van der Waals surface area contributed by atoms with Gasteiger partial charge in [-0.05, 0) is 35.4 Å². The first-order valence-electron chi connectivity index (χ1n) is 10.1. The minimum absolute atomic E-state index is 0.109. The van der Waals surface area contributed by atoms with Gasteiger partial charge in [-0.1, -0.05) is 24.3 Å². The topological polar surface area (TPSA) is 134 Å². The summed E-state index contributed by atoms with van der Waals surface area (Å²) in [5.74, 6) is 0. The van der Waals surface area contributed by atoms with E-state index in [1.165, 1.54) is 24.3 Å². The van der Waals surface area contributed by atoms with Crippen LogP contribution in [0.4, 0.5) is 11.4 Å². The lowest BCUT2D eigenvalue weighted by molar-refractivity contribution is -0.385. The van der Waals surface area contributed by atoms with E-state index in [9.17, 15) is 20.2 Å². The first kappa shape index (κ1) is 27.2. The maximum atomic E-state index is 11.5. The average Bonchev–Trinajstić information content (AvgIpc) is 2.90. The molecule has 0 bridgehead atoms. The van der Waals surface area contributed by atoms with Crippen molar-refractivity contribution in [2.75, 3.05) is 0 Å². The van der Waals surface area contributed by atoms with Crippen LogP contribution in [0.2, 0.25) is 0 Å². The van der Waals surface area contributed by atoms with E-state index in [0.717, 1.165) is 12.1 Å². The number of hydrogen-bond acceptors (Lipinski definition) is 6. The predicted octanol–water partition coefficient (Wildman–Crippen LogP) is 7.77. The maximum absolute atomic E-state index is 11.5. The van der Waals surface area contributed by atoms with Crippen molar-refractivity contribution in [3.8, 4) is 12.1 Å². The Balaban J connectivity index is 1.93. The molecule has 0 fully saturated rings. The Bertz CT molecular complexity index is 1320. The summed E-state index contributed by atoms with van der Waals surface area (Å²) in [6, 6.07) is 18.1. The highest BCUT2D eigenvalue weighted by molar-refractivity contribution is 6.31. The number of nitrogens with zero attached hydrogens (tertiary/aromatic N) is 4. The predicted molar refractivity (Wildman–Crippen MR) is 136 cm³/mol. The van der Waals surface area contributed by atoms with Crippen molar-refractivity contribution in [3.05, 3.63) is 114 Å². The van der Waals surface area contributed by atoms with E-state index in [0.29, 0.717) is 11.1 Å². The Morgan fingerprint density at radius 3 is 1.36 bits per heavy atom. The summed E-state index contributed by atoms with van der Waals surface area (Å²) in [7, 11) is 0. The molecule has 0 spiro atoms. The molecule has 0 aliphatic heterocycles. The van der Waals surface area contributed by atoms with Gasteiger partial charge in [0.1, 0.15) is 0 Å². The lowest BCUT2D eigenvalue weighted by atomic mass is 9.96. The quantitative estimate of drug-likeness (QED) is 0.156. The Kier molecular flexibility index (Phi) is 8.73. The summed E-state index contributed by atoms with van der Waals surface area (Å²) >= 11 is 26.3. The molecule has 0 N–H and O–H groups in total. The van der Waals surface area contributed by atoms with Gasteiger partial charge in [-0.2, -0.15) is 10.5 Å². The number of alkyl halides is 4. The van der Waals surface area contributed by atoms with Crippen LogP contribution in [0.25, 0.3) is 0 Å². The molecule has 0 saturated heterocycles. The van der Waals surface area contributed by atoms with Gasteiger partial charge in [0.15, 0.2) is 0 Å². The van der Waals surface area contributed by atoms with E-state index >= 15 is 0 Å². The Morgan fingerprint density at radius 1 is 0.639 bits per heavy atom. The van der Waals surface area contributed by atoms with Crippen molar-refractivity contribution in [2.24, 2.45) is 0 Å². The Labute approximate surface area is 225 Å². The summed E-state index contributed by atoms with van der Waals surface area (Å²) in [5.41, 5.74) is 0.789. The van der Waals surface area contributed by atoms with E-state index in [1.807, 2.05) is 12.1 Å². The summed E-state index contributed by atoms with van der Waals surface area (Å²) in [6.07, 6.45) is 0. The van der Waals surface area contributed by atoms with Crippen LogP contribution in [-0.4, -0.2) is 9.85 Å². The smallest absolute Gasteiger partial charge is 0.258 e. The van der Waals surface area contributed by atoms with E-state index in [1.54, 1.807) is 24.3 Å². The molecule has 3 rings (SSSR count). The van der Waals surface area contributed by atoms with Gasteiger partial charge >= 0.3 is 0 Å². The van der Waals surface area contributed by atoms with E-state index in [-0.39, 0.29) is 33.6 Å². The molecule has 0 aromatic heterocycles. The van der Waals surface area contributed by atoms with Crippen molar-refractivity contribution in [2.45, 2.75) is 21.5 Å². The number of nitriles is 2. The number of halogens is 4. The Morgan fingerprint density at radius 2 is 1.03 bits per heavy atom. The standard InChI is InChI=1S/C24H14Cl4N4O4/c25-21(23(27)17-6-4-13(11-29)8-19(17)31(33)34)15-2-1-3-16(10-15)22(26)24(28)18-7-5-14(12-30)9-20(18)32(35)36/h1-10,21-24H/t21-,22+,23-,24-/m1/s1. The first-order valence-corrected chi connectivity index (χ1v) is 11.9. The van der Waals surface area contributed by atoms with Crippen molar-refractivity contribution in [3.63, 3.8) is 0 Å². The highest BCUT2D eigenvalue weighted by Crippen LogP contribution is 2.46. The highest BCUT2D eigenvalue weighted by atomic mass is 35.5. The molecule has 0 unspecified atom stereocenters. The second-order valence-corrected chi connectivity index (χ2v) is 9.44. The van der Waals surface area contributed by atoms with Gasteiger partial charge < -0.3 is 0 Å². The van der Waals surface area contributed by atoms with Crippen molar-refractivity contribution >= 4 is 57.8 Å². The van der Waals surface area contributed by atoms with E-state index in [4.69, 9.17) is 56.9 Å². The summed E-state index contributed by atoms with van der Waals surface area (Å²) in [6.45, 7) is 0. The van der Waals surface area contributed by atoms with E-state index in [2.05, 4.69) is 0 Å². The molecular weight excluding hydrogens is 550 g/mol.